The Kier molecular flexibility index (Phi) is 8.01. The maximum absolute atomic E-state index is 14.7. The molecule has 9 heteroatoms. The second-order valence-corrected chi connectivity index (χ2v) is 9.44. The molecule has 1 atom stereocenters. The van der Waals surface area contributed by atoms with Crippen LogP contribution in [0.25, 0.3) is 0 Å². The number of para-hydroxylation sites is 1. The van der Waals surface area contributed by atoms with Crippen LogP contribution in [0, 0.1) is 5.82 Å². The highest BCUT2D eigenvalue weighted by atomic mass is 32.2. The number of halogens is 1. The Labute approximate surface area is 198 Å². The van der Waals surface area contributed by atoms with Crippen molar-refractivity contribution in [1.29, 1.82) is 0 Å². The van der Waals surface area contributed by atoms with Gasteiger partial charge in [0.2, 0.25) is 11.8 Å². The number of benzene rings is 3. The van der Waals surface area contributed by atoms with Gasteiger partial charge in [-0.3, -0.25) is 13.9 Å². The third-order valence-corrected chi connectivity index (χ3v) is 7.11. The van der Waals surface area contributed by atoms with Gasteiger partial charge in [-0.15, -0.1) is 0 Å². The van der Waals surface area contributed by atoms with Crippen molar-refractivity contribution in [3.63, 3.8) is 0 Å². The van der Waals surface area contributed by atoms with Crippen LogP contribution in [0.4, 0.5) is 10.1 Å². The fourth-order valence-electron chi connectivity index (χ4n) is 3.46. The first-order chi connectivity index (χ1) is 16.3. The van der Waals surface area contributed by atoms with Crippen molar-refractivity contribution in [2.45, 2.75) is 24.4 Å². The third kappa shape index (κ3) is 5.60. The Morgan fingerprint density at radius 2 is 1.47 bits per heavy atom. The molecule has 0 heterocycles. The number of amides is 2. The van der Waals surface area contributed by atoms with E-state index in [0.29, 0.717) is 0 Å². The lowest BCUT2D eigenvalue weighted by Gasteiger charge is -2.31. The van der Waals surface area contributed by atoms with Gasteiger partial charge in [0.15, 0.2) is 0 Å². The molecule has 178 valence electrons. The molecule has 0 saturated carbocycles. The molecule has 2 amide bonds. The monoisotopic (exact) mass is 483 g/mol. The molecule has 7 nitrogen and oxygen atoms in total. The first-order valence-electron chi connectivity index (χ1n) is 10.6. The van der Waals surface area contributed by atoms with Crippen LogP contribution in [0.15, 0.2) is 89.8 Å². The normalized spacial score (nSPS) is 12.0. The summed E-state index contributed by atoms with van der Waals surface area (Å²) in [5, 5.41) is 2.51. The number of anilines is 1. The number of hydrogen-bond acceptors (Lipinski definition) is 4. The minimum atomic E-state index is -4.28. The van der Waals surface area contributed by atoms with E-state index in [1.165, 1.54) is 42.3 Å². The molecule has 0 radical (unpaired) electrons. The highest BCUT2D eigenvalue weighted by Gasteiger charge is 2.33. The van der Waals surface area contributed by atoms with Crippen LogP contribution in [-0.4, -0.2) is 44.8 Å². The summed E-state index contributed by atoms with van der Waals surface area (Å²) in [7, 11) is -2.83. The number of likely N-dealkylation sites (N-methyl/N-ethyl adjacent to an activating group) is 1. The van der Waals surface area contributed by atoms with Gasteiger partial charge in [-0.05, 0) is 36.8 Å². The van der Waals surface area contributed by atoms with Crippen LogP contribution in [-0.2, 0) is 26.2 Å². The summed E-state index contributed by atoms with van der Waals surface area (Å²) >= 11 is 0. The van der Waals surface area contributed by atoms with Gasteiger partial charge >= 0.3 is 0 Å². The minimum absolute atomic E-state index is 0.0742. The molecule has 0 aliphatic rings. The predicted molar refractivity (Wildman–Crippen MR) is 128 cm³/mol. The lowest BCUT2D eigenvalue weighted by molar-refractivity contribution is -0.139. The Balaban J connectivity index is 2.03. The summed E-state index contributed by atoms with van der Waals surface area (Å²) in [5.74, 6) is -1.85. The van der Waals surface area contributed by atoms with Crippen molar-refractivity contribution in [2.24, 2.45) is 0 Å². The third-order valence-electron chi connectivity index (χ3n) is 5.34. The maximum Gasteiger partial charge on any atom is 0.264 e. The second-order valence-electron chi connectivity index (χ2n) is 7.57. The smallest absolute Gasteiger partial charge is 0.264 e. The second kappa shape index (κ2) is 10.9. The average Bonchev–Trinajstić information content (AvgIpc) is 2.86. The van der Waals surface area contributed by atoms with Crippen molar-refractivity contribution in [2.75, 3.05) is 17.9 Å². The van der Waals surface area contributed by atoms with Crippen molar-refractivity contribution >= 4 is 27.5 Å². The van der Waals surface area contributed by atoms with Crippen LogP contribution < -0.4 is 9.62 Å². The van der Waals surface area contributed by atoms with Crippen LogP contribution in [0.1, 0.15) is 12.5 Å². The van der Waals surface area contributed by atoms with Gasteiger partial charge in [-0.2, -0.15) is 0 Å². The topological polar surface area (TPSA) is 86.8 Å². The number of carbonyl (C=O) groups is 2. The van der Waals surface area contributed by atoms with Gasteiger partial charge in [0.05, 0.1) is 10.6 Å². The van der Waals surface area contributed by atoms with E-state index in [0.717, 1.165) is 15.9 Å². The predicted octanol–water partition coefficient (Wildman–Crippen LogP) is 3.18. The Morgan fingerprint density at radius 3 is 2.06 bits per heavy atom. The molecule has 0 aliphatic carbocycles. The molecule has 0 saturated heterocycles. The van der Waals surface area contributed by atoms with Gasteiger partial charge in [-0.1, -0.05) is 60.7 Å². The minimum Gasteiger partial charge on any atom is -0.357 e. The number of nitrogens with one attached hydrogen (secondary N) is 1. The van der Waals surface area contributed by atoms with E-state index in [1.807, 2.05) is 6.07 Å². The fourth-order valence-corrected chi connectivity index (χ4v) is 4.90. The molecule has 0 spiro atoms. The summed E-state index contributed by atoms with van der Waals surface area (Å²) in [6.07, 6.45) is 0. The van der Waals surface area contributed by atoms with Crippen LogP contribution >= 0.6 is 0 Å². The molecular formula is C25H26FN3O4S. The molecule has 0 aliphatic heterocycles. The molecule has 1 N–H and O–H groups in total. The van der Waals surface area contributed by atoms with E-state index in [9.17, 15) is 22.4 Å². The van der Waals surface area contributed by atoms with E-state index >= 15 is 0 Å². The largest absolute Gasteiger partial charge is 0.357 e. The SMILES string of the molecule is CNC(=O)[C@H](C)N(Cc1ccccc1)C(=O)CN(c1ccccc1F)S(=O)(=O)c1ccccc1. The average molecular weight is 484 g/mol. The quantitative estimate of drug-likeness (QED) is 0.507. The van der Waals surface area contributed by atoms with E-state index < -0.39 is 40.2 Å². The lowest BCUT2D eigenvalue weighted by Crippen LogP contribution is -2.50. The molecule has 0 unspecified atom stereocenters. The van der Waals surface area contributed by atoms with Gasteiger partial charge in [0, 0.05) is 13.6 Å². The molecule has 3 rings (SSSR count). The number of hydrogen-bond donors (Lipinski definition) is 1. The van der Waals surface area contributed by atoms with E-state index in [-0.39, 0.29) is 17.1 Å². The Hall–Kier alpha value is -3.72. The van der Waals surface area contributed by atoms with Crippen molar-refractivity contribution < 1.29 is 22.4 Å². The molecular weight excluding hydrogens is 457 g/mol. The van der Waals surface area contributed by atoms with Crippen molar-refractivity contribution in [3.8, 4) is 0 Å². The molecule has 0 aromatic heterocycles. The zero-order valence-corrected chi connectivity index (χ0v) is 19.7. The number of nitrogens with zero attached hydrogens (tertiary/aromatic N) is 2. The lowest BCUT2D eigenvalue weighted by atomic mass is 10.1. The first kappa shape index (κ1) is 24.9. The molecule has 3 aromatic rings. The number of carbonyl (C=O) groups excluding carboxylic acids is 2. The van der Waals surface area contributed by atoms with E-state index in [4.69, 9.17) is 0 Å². The summed E-state index contributed by atoms with van der Waals surface area (Å²) < 4.78 is 42.4. The standard InChI is InChI=1S/C25H26FN3O4S/c1-19(25(31)27-2)28(17-20-11-5-3-6-12-20)24(30)18-29(23-16-10-9-15-22(23)26)34(32,33)21-13-7-4-8-14-21/h3-16,19H,17-18H2,1-2H3,(H,27,31)/t19-/m0/s1. The molecule has 34 heavy (non-hydrogen) atoms. The molecule has 3 aromatic carbocycles. The van der Waals surface area contributed by atoms with E-state index in [2.05, 4.69) is 5.32 Å². The highest BCUT2D eigenvalue weighted by molar-refractivity contribution is 7.92. The maximum atomic E-state index is 14.7. The highest BCUT2D eigenvalue weighted by Crippen LogP contribution is 2.26. The summed E-state index contributed by atoms with van der Waals surface area (Å²) in [6, 6.07) is 21.0. The summed E-state index contributed by atoms with van der Waals surface area (Å²) in [5.41, 5.74) is 0.502. The van der Waals surface area contributed by atoms with Crippen LogP contribution in [0.3, 0.4) is 0 Å². The van der Waals surface area contributed by atoms with Crippen LogP contribution in [0.2, 0.25) is 0 Å². The van der Waals surface area contributed by atoms with E-state index in [1.54, 1.807) is 49.4 Å². The van der Waals surface area contributed by atoms with Gasteiger partial charge in [-0.25, -0.2) is 12.8 Å². The van der Waals surface area contributed by atoms with Crippen LogP contribution in [0.5, 0.6) is 0 Å². The summed E-state index contributed by atoms with van der Waals surface area (Å²) in [4.78, 5) is 27.1. The van der Waals surface area contributed by atoms with Crippen molar-refractivity contribution in [1.82, 2.24) is 10.2 Å². The zero-order chi connectivity index (χ0) is 24.7. The number of rotatable bonds is 9. The van der Waals surface area contributed by atoms with Crippen molar-refractivity contribution in [3.05, 3.63) is 96.3 Å². The first-order valence-corrected chi connectivity index (χ1v) is 12.1. The molecule has 0 bridgehead atoms. The Morgan fingerprint density at radius 1 is 0.912 bits per heavy atom. The van der Waals surface area contributed by atoms with Gasteiger partial charge in [0.1, 0.15) is 18.4 Å². The fraction of sp³-hybridized carbons (Fsp3) is 0.200. The van der Waals surface area contributed by atoms with Gasteiger partial charge in [0.25, 0.3) is 10.0 Å². The number of sulfonamides is 1. The summed E-state index contributed by atoms with van der Waals surface area (Å²) in [6.45, 7) is 0.940. The Bertz CT molecular complexity index is 1240. The molecule has 0 fully saturated rings. The zero-order valence-electron chi connectivity index (χ0n) is 18.9. The van der Waals surface area contributed by atoms with Gasteiger partial charge < -0.3 is 10.2 Å².